The summed E-state index contributed by atoms with van der Waals surface area (Å²) in [5, 5.41) is 3.19. The van der Waals surface area contributed by atoms with E-state index >= 15 is 0 Å². The van der Waals surface area contributed by atoms with Crippen LogP contribution in [-0.4, -0.2) is 37.5 Å². The average molecular weight is 246 g/mol. The van der Waals surface area contributed by atoms with Crippen molar-refractivity contribution in [3.63, 3.8) is 0 Å². The van der Waals surface area contributed by atoms with Gasteiger partial charge in [0.2, 0.25) is 0 Å². The highest BCUT2D eigenvalue weighted by Crippen LogP contribution is 2.20. The smallest absolute Gasteiger partial charge is 0.254 e. The molecule has 1 fully saturated rings. The normalized spacial score (nSPS) is 19.2. The summed E-state index contributed by atoms with van der Waals surface area (Å²) in [6, 6.07) is 7.96. The third kappa shape index (κ3) is 2.72. The summed E-state index contributed by atoms with van der Waals surface area (Å²) in [4.78, 5) is 14.5. The van der Waals surface area contributed by atoms with Gasteiger partial charge < -0.3 is 10.2 Å². The standard InChI is InChI=1S/C15H22N2O/c1-3-13-6-4-5-7-14(13)15(18)17-9-8-12(11-17)10-16-2/h4-7,12,16H,3,8-11H2,1-2H3. The van der Waals surface area contributed by atoms with Gasteiger partial charge in [0, 0.05) is 18.7 Å². The Hall–Kier alpha value is -1.35. The molecule has 1 aromatic rings. The zero-order valence-electron chi connectivity index (χ0n) is 11.3. The Labute approximate surface area is 109 Å². The molecule has 1 N–H and O–H groups in total. The molecule has 0 spiro atoms. The maximum Gasteiger partial charge on any atom is 0.254 e. The number of amides is 1. The molecule has 1 atom stereocenters. The van der Waals surface area contributed by atoms with Crippen molar-refractivity contribution in [1.82, 2.24) is 10.2 Å². The summed E-state index contributed by atoms with van der Waals surface area (Å²) >= 11 is 0. The van der Waals surface area contributed by atoms with E-state index < -0.39 is 0 Å². The van der Waals surface area contributed by atoms with Crippen LogP contribution in [0, 0.1) is 5.92 Å². The molecule has 1 amide bonds. The number of carbonyl (C=O) groups excluding carboxylic acids is 1. The Morgan fingerprint density at radius 1 is 1.44 bits per heavy atom. The van der Waals surface area contributed by atoms with Gasteiger partial charge in [-0.2, -0.15) is 0 Å². The number of hydrogen-bond acceptors (Lipinski definition) is 2. The fourth-order valence-electron chi connectivity index (χ4n) is 2.68. The number of carbonyl (C=O) groups is 1. The second-order valence-electron chi connectivity index (χ2n) is 4.97. The highest BCUT2D eigenvalue weighted by molar-refractivity contribution is 5.95. The molecule has 3 nitrogen and oxygen atoms in total. The Balaban J connectivity index is 2.08. The van der Waals surface area contributed by atoms with E-state index in [2.05, 4.69) is 12.2 Å². The molecule has 0 aromatic heterocycles. The largest absolute Gasteiger partial charge is 0.338 e. The van der Waals surface area contributed by atoms with E-state index in [9.17, 15) is 4.79 Å². The van der Waals surface area contributed by atoms with E-state index in [0.29, 0.717) is 5.92 Å². The topological polar surface area (TPSA) is 32.3 Å². The van der Waals surface area contributed by atoms with Crippen LogP contribution < -0.4 is 5.32 Å². The first-order valence-electron chi connectivity index (χ1n) is 6.78. The van der Waals surface area contributed by atoms with E-state index in [1.807, 2.05) is 36.2 Å². The summed E-state index contributed by atoms with van der Waals surface area (Å²) in [7, 11) is 1.97. The molecule has 2 rings (SSSR count). The quantitative estimate of drug-likeness (QED) is 0.880. The fraction of sp³-hybridized carbons (Fsp3) is 0.533. The van der Waals surface area contributed by atoms with E-state index in [-0.39, 0.29) is 5.91 Å². The predicted octanol–water partition coefficient (Wildman–Crippen LogP) is 1.93. The van der Waals surface area contributed by atoms with E-state index in [4.69, 9.17) is 0 Å². The lowest BCUT2D eigenvalue weighted by Gasteiger charge is -2.18. The minimum Gasteiger partial charge on any atom is -0.338 e. The molecule has 1 aliphatic rings. The second-order valence-corrected chi connectivity index (χ2v) is 4.97. The van der Waals surface area contributed by atoms with Crippen molar-refractivity contribution in [1.29, 1.82) is 0 Å². The van der Waals surface area contributed by atoms with Gasteiger partial charge in [-0.15, -0.1) is 0 Å². The zero-order chi connectivity index (χ0) is 13.0. The lowest BCUT2D eigenvalue weighted by molar-refractivity contribution is 0.0786. The minimum absolute atomic E-state index is 0.200. The molecule has 18 heavy (non-hydrogen) atoms. The van der Waals surface area contributed by atoms with Crippen molar-refractivity contribution < 1.29 is 4.79 Å². The van der Waals surface area contributed by atoms with Gasteiger partial charge in [0.25, 0.3) is 5.91 Å². The number of nitrogens with zero attached hydrogens (tertiary/aromatic N) is 1. The molecule has 0 saturated carbocycles. The Morgan fingerprint density at radius 3 is 2.94 bits per heavy atom. The molecule has 0 radical (unpaired) electrons. The summed E-state index contributed by atoms with van der Waals surface area (Å²) in [6.45, 7) is 4.88. The lowest BCUT2D eigenvalue weighted by Crippen LogP contribution is -2.31. The van der Waals surface area contributed by atoms with Gasteiger partial charge in [0.15, 0.2) is 0 Å². The van der Waals surface area contributed by atoms with Crippen LogP contribution >= 0.6 is 0 Å². The fourth-order valence-corrected chi connectivity index (χ4v) is 2.68. The van der Waals surface area contributed by atoms with Gasteiger partial charge in [-0.25, -0.2) is 0 Å². The number of hydrogen-bond donors (Lipinski definition) is 1. The molecule has 1 aromatic carbocycles. The Bertz CT molecular complexity index is 417. The third-order valence-corrected chi connectivity index (χ3v) is 3.69. The van der Waals surface area contributed by atoms with Crippen LogP contribution in [0.1, 0.15) is 29.3 Å². The van der Waals surface area contributed by atoms with Gasteiger partial charge in [-0.1, -0.05) is 25.1 Å². The minimum atomic E-state index is 0.200. The van der Waals surface area contributed by atoms with E-state index in [1.165, 1.54) is 0 Å². The summed E-state index contributed by atoms with van der Waals surface area (Å²) in [6.07, 6.45) is 2.02. The maximum absolute atomic E-state index is 12.5. The van der Waals surface area contributed by atoms with E-state index in [0.717, 1.165) is 43.6 Å². The van der Waals surface area contributed by atoms with Crippen molar-refractivity contribution in [3.05, 3.63) is 35.4 Å². The number of aryl methyl sites for hydroxylation is 1. The van der Waals surface area contributed by atoms with Crippen LogP contribution in [0.3, 0.4) is 0 Å². The predicted molar refractivity (Wildman–Crippen MR) is 73.8 cm³/mol. The van der Waals surface area contributed by atoms with Crippen LogP contribution in [0.5, 0.6) is 0 Å². The zero-order valence-corrected chi connectivity index (χ0v) is 11.3. The molecule has 3 heteroatoms. The average Bonchev–Trinajstić information content (AvgIpc) is 2.87. The first-order valence-corrected chi connectivity index (χ1v) is 6.78. The SMILES string of the molecule is CCc1ccccc1C(=O)N1CCC(CNC)C1. The molecule has 0 aliphatic carbocycles. The van der Waals surface area contributed by atoms with Gasteiger partial charge in [0.1, 0.15) is 0 Å². The Morgan fingerprint density at radius 2 is 2.22 bits per heavy atom. The molecule has 1 aliphatic heterocycles. The van der Waals surface area contributed by atoms with Crippen LogP contribution in [-0.2, 0) is 6.42 Å². The highest BCUT2D eigenvalue weighted by atomic mass is 16.2. The molecule has 1 unspecified atom stereocenters. The van der Waals surface area contributed by atoms with Gasteiger partial charge in [0.05, 0.1) is 0 Å². The highest BCUT2D eigenvalue weighted by Gasteiger charge is 2.27. The summed E-state index contributed by atoms with van der Waals surface area (Å²) < 4.78 is 0. The van der Waals surface area contributed by atoms with Crippen LogP contribution in [0.25, 0.3) is 0 Å². The molecule has 0 bridgehead atoms. The van der Waals surface area contributed by atoms with E-state index in [1.54, 1.807) is 0 Å². The van der Waals surface area contributed by atoms with Gasteiger partial charge in [-0.05, 0) is 44.0 Å². The molecule has 98 valence electrons. The molecular formula is C15H22N2O. The number of rotatable bonds is 4. The van der Waals surface area contributed by atoms with Crippen molar-refractivity contribution in [2.45, 2.75) is 19.8 Å². The second kappa shape index (κ2) is 6.01. The summed E-state index contributed by atoms with van der Waals surface area (Å²) in [5.41, 5.74) is 2.03. The third-order valence-electron chi connectivity index (χ3n) is 3.69. The molecule has 1 saturated heterocycles. The lowest BCUT2D eigenvalue weighted by atomic mass is 10.0. The van der Waals surface area contributed by atoms with Crippen molar-refractivity contribution >= 4 is 5.91 Å². The van der Waals surface area contributed by atoms with Gasteiger partial charge in [-0.3, -0.25) is 4.79 Å². The van der Waals surface area contributed by atoms with Crippen molar-refractivity contribution in [2.24, 2.45) is 5.92 Å². The molecule has 1 heterocycles. The monoisotopic (exact) mass is 246 g/mol. The molecular weight excluding hydrogens is 224 g/mol. The number of likely N-dealkylation sites (tertiary alicyclic amines) is 1. The van der Waals surface area contributed by atoms with Crippen molar-refractivity contribution in [2.75, 3.05) is 26.7 Å². The first-order chi connectivity index (χ1) is 8.76. The summed E-state index contributed by atoms with van der Waals surface area (Å²) in [5.74, 6) is 0.804. The number of benzene rings is 1. The number of nitrogens with one attached hydrogen (secondary N) is 1. The van der Waals surface area contributed by atoms with Crippen LogP contribution in [0.15, 0.2) is 24.3 Å². The Kier molecular flexibility index (Phi) is 4.37. The maximum atomic E-state index is 12.5. The van der Waals surface area contributed by atoms with Crippen molar-refractivity contribution in [3.8, 4) is 0 Å². The van der Waals surface area contributed by atoms with Crippen LogP contribution in [0.4, 0.5) is 0 Å². The first kappa shape index (κ1) is 13.1. The van der Waals surface area contributed by atoms with Gasteiger partial charge >= 0.3 is 0 Å². The van der Waals surface area contributed by atoms with Crippen LogP contribution in [0.2, 0.25) is 0 Å².